The second-order valence-corrected chi connectivity index (χ2v) is 12.2. The second-order valence-electron chi connectivity index (χ2n) is 12.2. The molecule has 5 rings (SSSR count). The third-order valence-electron chi connectivity index (χ3n) is 9.98. The number of carbonyl (C=O) groups excluding carboxylic acids is 1. The van der Waals surface area contributed by atoms with Gasteiger partial charge in [0.05, 0.1) is 6.10 Å². The summed E-state index contributed by atoms with van der Waals surface area (Å²) in [4.78, 5) is 14.0. The van der Waals surface area contributed by atoms with E-state index in [9.17, 15) is 9.90 Å². The van der Waals surface area contributed by atoms with Gasteiger partial charge < -0.3 is 14.4 Å². The average molecular weight is 669 g/mol. The monoisotopic (exact) mass is 668 g/mol. The first-order chi connectivity index (χ1) is 18.1. The van der Waals surface area contributed by atoms with E-state index in [4.69, 9.17) is 9.29 Å². The van der Waals surface area contributed by atoms with Gasteiger partial charge in [0, 0.05) is 11.8 Å². The topological polar surface area (TPSA) is 66.8 Å². The fraction of sp³-hybridized carbons (Fsp3) is 0.906. The lowest BCUT2D eigenvalue weighted by atomic mass is 9.41. The predicted octanol–water partition coefficient (Wildman–Crippen LogP) is 10.1. The van der Waals surface area contributed by atoms with E-state index >= 15 is 0 Å². The summed E-state index contributed by atoms with van der Waals surface area (Å²) in [5, 5.41) is 10.2. The van der Waals surface area contributed by atoms with Gasteiger partial charge in [0.2, 0.25) is 0 Å². The molecular weight excluding hydrogens is 607 g/mol. The van der Waals surface area contributed by atoms with Crippen LogP contribution in [0.2, 0.25) is 0 Å². The van der Waals surface area contributed by atoms with Gasteiger partial charge >= 0.3 is 5.97 Å². The third kappa shape index (κ3) is 7.34. The molecule has 0 amide bonds. The molecule has 1 aliphatic heterocycles. The summed E-state index contributed by atoms with van der Waals surface area (Å²) >= 11 is 4.68. The molecule has 1 spiro atoms. The Bertz CT molecular complexity index is 728. The van der Waals surface area contributed by atoms with Crippen molar-refractivity contribution in [2.45, 2.75) is 151 Å². The lowest BCUT2D eigenvalue weighted by molar-refractivity contribution is -0.178. The summed E-state index contributed by atoms with van der Waals surface area (Å²) in [6.45, 7) is 20.0. The van der Waals surface area contributed by atoms with E-state index in [2.05, 4.69) is 90.0 Å². The molecule has 0 radical (unpaired) electrons. The van der Waals surface area contributed by atoms with E-state index in [0.717, 1.165) is 38.5 Å². The van der Waals surface area contributed by atoms with Gasteiger partial charge in [0.25, 0.3) is 0 Å². The number of esters is 1. The summed E-state index contributed by atoms with van der Waals surface area (Å²) in [5.41, 5.74) is 2.04. The molecule has 0 aromatic rings. The van der Waals surface area contributed by atoms with Gasteiger partial charge in [-0.05, 0) is 98.3 Å². The average Bonchev–Trinajstić information content (AvgIpc) is 3.44. The van der Waals surface area contributed by atoms with E-state index < -0.39 is 0 Å². The van der Waals surface area contributed by atoms with Crippen LogP contribution in [0.5, 0.6) is 0 Å². The number of carbonyl (C=O) groups is 1. The van der Waals surface area contributed by atoms with Crippen molar-refractivity contribution in [2.24, 2.45) is 28.1 Å². The Morgan fingerprint density at radius 3 is 1.95 bits per heavy atom. The highest BCUT2D eigenvalue weighted by Gasteiger charge is 2.70. The highest BCUT2D eigenvalue weighted by molar-refractivity contribution is 14.1. The third-order valence-corrected chi connectivity index (χ3v) is 9.98. The van der Waals surface area contributed by atoms with Crippen molar-refractivity contribution in [1.29, 1.82) is 0 Å². The van der Waals surface area contributed by atoms with Crippen LogP contribution >= 0.6 is 35.5 Å². The van der Waals surface area contributed by atoms with E-state index in [1.54, 1.807) is 0 Å². The van der Waals surface area contributed by atoms with E-state index in [1.165, 1.54) is 37.7 Å². The maximum atomic E-state index is 12.0. The molecular formula is C32H61IO4S. The Morgan fingerprint density at radius 2 is 1.45 bits per heavy atom. The SMILES string of the molecule is CC.CC12CCC(O)CC1=CCC1(C)C2CCC2(C)C1CCC21CCC(=O)O1.CCC.CCC.CI.OS. The predicted molar refractivity (Wildman–Crippen MR) is 175 cm³/mol. The molecule has 1 heterocycles. The number of aliphatic hydroxyl groups excluding tert-OH is 1. The molecule has 7 unspecified atom stereocenters. The maximum Gasteiger partial charge on any atom is 0.306 e. The minimum absolute atomic E-state index is 0.0261. The molecule has 4 nitrogen and oxygen atoms in total. The van der Waals surface area contributed by atoms with Crippen molar-refractivity contribution in [3.63, 3.8) is 0 Å². The van der Waals surface area contributed by atoms with Gasteiger partial charge in [0.1, 0.15) is 5.60 Å². The zero-order chi connectivity index (χ0) is 29.8. The lowest BCUT2D eigenvalue weighted by Crippen LogP contribution is -2.59. The zero-order valence-corrected chi connectivity index (χ0v) is 29.4. The Labute approximate surface area is 255 Å². The summed E-state index contributed by atoms with van der Waals surface area (Å²) in [6, 6.07) is 0. The number of halogens is 1. The highest BCUT2D eigenvalue weighted by Crippen LogP contribution is 2.73. The summed E-state index contributed by atoms with van der Waals surface area (Å²) in [6.07, 6.45) is 15.2. The Morgan fingerprint density at radius 1 is 0.921 bits per heavy atom. The van der Waals surface area contributed by atoms with Crippen LogP contribution in [0.4, 0.5) is 0 Å². The van der Waals surface area contributed by atoms with Crippen LogP contribution in [-0.4, -0.2) is 32.3 Å². The van der Waals surface area contributed by atoms with Gasteiger partial charge in [-0.3, -0.25) is 4.79 Å². The fourth-order valence-corrected chi connectivity index (χ4v) is 8.58. The largest absolute Gasteiger partial charge is 0.458 e. The second kappa shape index (κ2) is 17.2. The minimum atomic E-state index is -0.184. The maximum absolute atomic E-state index is 12.0. The summed E-state index contributed by atoms with van der Waals surface area (Å²) < 4.78 is 12.8. The van der Waals surface area contributed by atoms with Crippen LogP contribution in [0.1, 0.15) is 139 Å². The molecule has 38 heavy (non-hydrogen) atoms. The van der Waals surface area contributed by atoms with E-state index in [0.29, 0.717) is 23.7 Å². The lowest BCUT2D eigenvalue weighted by Gasteiger charge is -2.64. The number of aliphatic hydroxyl groups is 1. The first-order valence-corrected chi connectivity index (χ1v) is 17.8. The van der Waals surface area contributed by atoms with Gasteiger partial charge in [-0.25, -0.2) is 0 Å². The molecule has 0 aromatic carbocycles. The van der Waals surface area contributed by atoms with E-state index in [-0.39, 0.29) is 28.5 Å². The summed E-state index contributed by atoms with van der Waals surface area (Å²) in [7, 11) is 0. The number of alkyl halides is 1. The van der Waals surface area contributed by atoms with Gasteiger partial charge in [-0.2, -0.15) is 0 Å². The van der Waals surface area contributed by atoms with Crippen molar-refractivity contribution in [3.05, 3.63) is 11.6 Å². The van der Waals surface area contributed by atoms with Crippen LogP contribution < -0.4 is 0 Å². The number of allylic oxidation sites excluding steroid dienone is 1. The number of fused-ring (bicyclic) bond motifs is 6. The molecule has 0 aromatic heterocycles. The van der Waals surface area contributed by atoms with Crippen molar-refractivity contribution < 1.29 is 19.2 Å². The smallest absolute Gasteiger partial charge is 0.306 e. The van der Waals surface area contributed by atoms with Crippen molar-refractivity contribution >= 4 is 41.5 Å². The van der Waals surface area contributed by atoms with Crippen LogP contribution in [0.25, 0.3) is 0 Å². The van der Waals surface area contributed by atoms with Crippen molar-refractivity contribution in [3.8, 4) is 0 Å². The fourth-order valence-electron chi connectivity index (χ4n) is 8.58. The Balaban J connectivity index is 0.000000998. The zero-order valence-electron chi connectivity index (χ0n) is 26.3. The summed E-state index contributed by atoms with van der Waals surface area (Å²) in [5.74, 6) is 1.37. The first kappa shape index (κ1) is 38.2. The molecule has 2 N–H and O–H groups in total. The van der Waals surface area contributed by atoms with E-state index in [1.807, 2.05) is 18.8 Å². The molecule has 7 atom stereocenters. The molecule has 3 saturated carbocycles. The van der Waals surface area contributed by atoms with Gasteiger partial charge in [-0.1, -0.05) is 109 Å². The number of hydrogen-bond donors (Lipinski definition) is 3. The molecule has 1 saturated heterocycles. The molecule has 4 aliphatic carbocycles. The van der Waals surface area contributed by atoms with Crippen LogP contribution in [-0.2, 0) is 9.53 Å². The van der Waals surface area contributed by atoms with Crippen LogP contribution in [0, 0.1) is 28.1 Å². The molecule has 0 bridgehead atoms. The van der Waals surface area contributed by atoms with Crippen LogP contribution in [0.3, 0.4) is 0 Å². The molecule has 6 heteroatoms. The normalized spacial score (nSPS) is 39.6. The molecule has 226 valence electrons. The first-order valence-electron chi connectivity index (χ1n) is 15.2. The number of hydrogen-bond acceptors (Lipinski definition) is 5. The van der Waals surface area contributed by atoms with Crippen LogP contribution in [0.15, 0.2) is 11.6 Å². The van der Waals surface area contributed by atoms with Gasteiger partial charge in [-0.15, -0.1) is 0 Å². The molecule has 5 aliphatic rings. The number of thiol groups is 1. The Kier molecular flexibility index (Phi) is 17.3. The quantitative estimate of drug-likeness (QED) is 0.0600. The standard InChI is InChI=1S/C23H34O3.2C3H8.C2H6.CH3I.H2OS/c1-20-10-5-16(24)14-15(20)4-9-21(2)17(20)6-11-22(3)18(21)7-12-23(22)13-8-19(25)26-23;2*1-3-2;3*1-2/h4,16-18,24H,5-14H2,1-3H3;2*3H2,1-2H3;1-2H3;1H3;1-2H. The van der Waals surface area contributed by atoms with Gasteiger partial charge in [0.15, 0.2) is 0 Å². The highest BCUT2D eigenvalue weighted by atomic mass is 127. The van der Waals surface area contributed by atoms with Crippen molar-refractivity contribution in [1.82, 2.24) is 0 Å². The molecule has 4 fully saturated rings. The number of ether oxygens (including phenoxy) is 1. The minimum Gasteiger partial charge on any atom is -0.458 e. The Hall–Kier alpha value is 0.210. The van der Waals surface area contributed by atoms with Crippen molar-refractivity contribution in [2.75, 3.05) is 4.93 Å². The number of rotatable bonds is 0.